The molecule has 1 unspecified atom stereocenters. The normalized spacial score (nSPS) is 12.6. The summed E-state index contributed by atoms with van der Waals surface area (Å²) in [7, 11) is 4.04. The lowest BCUT2D eigenvalue weighted by Crippen LogP contribution is -2.35. The summed E-state index contributed by atoms with van der Waals surface area (Å²) in [5.74, 6) is -0.110. The maximum atomic E-state index is 12.4. The Labute approximate surface area is 130 Å². The minimum atomic E-state index is -0.110. The van der Waals surface area contributed by atoms with E-state index in [1.807, 2.05) is 45.3 Å². The largest absolute Gasteiger partial charge is 0.349 e. The van der Waals surface area contributed by atoms with Gasteiger partial charge in [0.15, 0.2) is 0 Å². The molecule has 0 aliphatic heterocycles. The van der Waals surface area contributed by atoms with Gasteiger partial charge in [-0.05, 0) is 39.4 Å². The molecule has 0 spiro atoms. The van der Waals surface area contributed by atoms with Gasteiger partial charge in [-0.2, -0.15) is 0 Å². The van der Waals surface area contributed by atoms with Crippen LogP contribution >= 0.6 is 11.6 Å². The first-order valence-corrected chi connectivity index (χ1v) is 7.35. The summed E-state index contributed by atoms with van der Waals surface area (Å²) in [5, 5.41) is 5.06. The highest BCUT2D eigenvalue weighted by Crippen LogP contribution is 2.24. The first-order chi connectivity index (χ1) is 9.99. The second-order valence-corrected chi connectivity index (χ2v) is 5.83. The van der Waals surface area contributed by atoms with E-state index < -0.39 is 0 Å². The van der Waals surface area contributed by atoms with E-state index in [0.717, 1.165) is 23.7 Å². The van der Waals surface area contributed by atoms with Crippen LogP contribution in [0.5, 0.6) is 0 Å². The molecule has 0 radical (unpaired) electrons. The second-order valence-electron chi connectivity index (χ2n) is 5.47. The van der Waals surface area contributed by atoms with Gasteiger partial charge in [-0.25, -0.2) is 4.98 Å². The Morgan fingerprint density at radius 3 is 2.67 bits per heavy atom. The third-order valence-corrected chi connectivity index (χ3v) is 3.68. The Kier molecular flexibility index (Phi) is 5.15. The van der Waals surface area contributed by atoms with Crippen LogP contribution in [0, 0.1) is 0 Å². The molecule has 0 saturated heterocycles. The van der Waals surface area contributed by atoms with E-state index in [2.05, 4.69) is 15.2 Å². The molecule has 1 heterocycles. The van der Waals surface area contributed by atoms with Gasteiger partial charge >= 0.3 is 0 Å². The molecule has 0 aliphatic rings. The number of rotatable bonds is 5. The van der Waals surface area contributed by atoms with Gasteiger partial charge in [0.25, 0.3) is 5.91 Å². The number of amides is 1. The summed E-state index contributed by atoms with van der Waals surface area (Å²) >= 11 is 6.08. The molecule has 1 atom stereocenters. The number of carbonyl (C=O) groups excluding carboxylic acids is 1. The highest BCUT2D eigenvalue weighted by Gasteiger charge is 2.14. The minimum absolute atomic E-state index is 0.106. The van der Waals surface area contributed by atoms with Crippen LogP contribution in [0.1, 0.15) is 23.7 Å². The zero-order valence-corrected chi connectivity index (χ0v) is 13.3. The number of halogens is 1. The van der Waals surface area contributed by atoms with Gasteiger partial charge < -0.3 is 10.2 Å². The van der Waals surface area contributed by atoms with Crippen molar-refractivity contribution in [3.05, 3.63) is 41.2 Å². The SMILES string of the molecule is CC(CCN(C)C)NC(=O)c1cnc(Cl)c2ccccc12. The molecule has 4 nitrogen and oxygen atoms in total. The number of carbonyl (C=O) groups is 1. The molecule has 21 heavy (non-hydrogen) atoms. The zero-order chi connectivity index (χ0) is 15.4. The Balaban J connectivity index is 2.18. The highest BCUT2D eigenvalue weighted by molar-refractivity contribution is 6.34. The van der Waals surface area contributed by atoms with E-state index in [9.17, 15) is 4.79 Å². The Morgan fingerprint density at radius 1 is 1.33 bits per heavy atom. The number of hydrogen-bond donors (Lipinski definition) is 1. The molecule has 1 N–H and O–H groups in total. The summed E-state index contributed by atoms with van der Waals surface area (Å²) in [6.07, 6.45) is 2.44. The van der Waals surface area contributed by atoms with E-state index in [-0.39, 0.29) is 11.9 Å². The molecule has 1 aromatic carbocycles. The van der Waals surface area contributed by atoms with Crippen LogP contribution in [-0.4, -0.2) is 42.5 Å². The van der Waals surface area contributed by atoms with Crippen molar-refractivity contribution < 1.29 is 4.79 Å². The van der Waals surface area contributed by atoms with E-state index in [1.165, 1.54) is 0 Å². The summed E-state index contributed by atoms with van der Waals surface area (Å²) in [4.78, 5) is 18.6. The van der Waals surface area contributed by atoms with Crippen molar-refractivity contribution in [2.45, 2.75) is 19.4 Å². The molecule has 1 amide bonds. The van der Waals surface area contributed by atoms with Crippen molar-refractivity contribution >= 4 is 28.3 Å². The number of fused-ring (bicyclic) bond motifs is 1. The molecule has 0 bridgehead atoms. The van der Waals surface area contributed by atoms with Crippen LogP contribution in [0.4, 0.5) is 0 Å². The number of nitrogens with zero attached hydrogens (tertiary/aromatic N) is 2. The zero-order valence-electron chi connectivity index (χ0n) is 12.6. The first-order valence-electron chi connectivity index (χ1n) is 6.98. The predicted octanol–water partition coefficient (Wildman–Crippen LogP) is 2.96. The quantitative estimate of drug-likeness (QED) is 0.864. The van der Waals surface area contributed by atoms with Crippen molar-refractivity contribution in [3.63, 3.8) is 0 Å². The fraction of sp³-hybridized carbons (Fsp3) is 0.375. The molecular formula is C16H20ClN3O. The van der Waals surface area contributed by atoms with Crippen LogP contribution in [0.15, 0.2) is 30.5 Å². The molecule has 0 saturated carbocycles. The summed E-state index contributed by atoms with van der Waals surface area (Å²) in [6.45, 7) is 2.94. The number of hydrogen-bond acceptors (Lipinski definition) is 3. The van der Waals surface area contributed by atoms with Crippen molar-refractivity contribution in [2.24, 2.45) is 0 Å². The van der Waals surface area contributed by atoms with Crippen LogP contribution in [0.25, 0.3) is 10.8 Å². The molecule has 2 rings (SSSR count). The van der Waals surface area contributed by atoms with Gasteiger partial charge in [0.2, 0.25) is 0 Å². The monoisotopic (exact) mass is 305 g/mol. The minimum Gasteiger partial charge on any atom is -0.349 e. The van der Waals surface area contributed by atoms with E-state index in [0.29, 0.717) is 10.7 Å². The van der Waals surface area contributed by atoms with Gasteiger partial charge in [0.1, 0.15) is 5.15 Å². The first kappa shape index (κ1) is 15.7. The fourth-order valence-corrected chi connectivity index (χ4v) is 2.38. The van der Waals surface area contributed by atoms with Gasteiger partial charge in [-0.3, -0.25) is 4.79 Å². The second kappa shape index (κ2) is 6.87. The van der Waals surface area contributed by atoms with Crippen LogP contribution in [-0.2, 0) is 0 Å². The third kappa shape index (κ3) is 3.93. The number of pyridine rings is 1. The molecule has 5 heteroatoms. The van der Waals surface area contributed by atoms with E-state index in [4.69, 9.17) is 11.6 Å². The average Bonchev–Trinajstić information content (AvgIpc) is 2.45. The van der Waals surface area contributed by atoms with Crippen molar-refractivity contribution in [3.8, 4) is 0 Å². The Morgan fingerprint density at radius 2 is 2.00 bits per heavy atom. The highest BCUT2D eigenvalue weighted by atomic mass is 35.5. The lowest BCUT2D eigenvalue weighted by molar-refractivity contribution is 0.0938. The molecule has 2 aromatic rings. The number of nitrogens with one attached hydrogen (secondary N) is 1. The molecule has 0 fully saturated rings. The predicted molar refractivity (Wildman–Crippen MR) is 86.9 cm³/mol. The molecule has 1 aromatic heterocycles. The topological polar surface area (TPSA) is 45.2 Å². The smallest absolute Gasteiger partial charge is 0.253 e. The Hall–Kier alpha value is -1.65. The summed E-state index contributed by atoms with van der Waals surface area (Å²) < 4.78 is 0. The van der Waals surface area contributed by atoms with Gasteiger partial charge in [0.05, 0.1) is 5.56 Å². The fourth-order valence-electron chi connectivity index (χ4n) is 2.16. The van der Waals surface area contributed by atoms with Crippen molar-refractivity contribution in [2.75, 3.05) is 20.6 Å². The van der Waals surface area contributed by atoms with Crippen LogP contribution in [0.2, 0.25) is 5.15 Å². The molecular weight excluding hydrogens is 286 g/mol. The van der Waals surface area contributed by atoms with E-state index in [1.54, 1.807) is 6.20 Å². The van der Waals surface area contributed by atoms with Gasteiger partial charge in [0, 0.05) is 17.6 Å². The summed E-state index contributed by atoms with van der Waals surface area (Å²) in [5.41, 5.74) is 0.562. The van der Waals surface area contributed by atoms with Crippen LogP contribution in [0.3, 0.4) is 0 Å². The van der Waals surface area contributed by atoms with Crippen LogP contribution < -0.4 is 5.32 Å². The standard InChI is InChI=1S/C16H20ClN3O/c1-11(8-9-20(2)3)19-16(21)14-10-18-15(17)13-7-5-4-6-12(13)14/h4-7,10-11H,8-9H2,1-3H3,(H,19,21). The van der Waals surface area contributed by atoms with Crippen molar-refractivity contribution in [1.29, 1.82) is 0 Å². The van der Waals surface area contributed by atoms with Gasteiger partial charge in [-0.15, -0.1) is 0 Å². The maximum Gasteiger partial charge on any atom is 0.253 e. The average molecular weight is 306 g/mol. The maximum absolute atomic E-state index is 12.4. The summed E-state index contributed by atoms with van der Waals surface area (Å²) in [6, 6.07) is 7.65. The molecule has 0 aliphatic carbocycles. The number of benzene rings is 1. The Bertz CT molecular complexity index is 642. The molecule has 112 valence electrons. The number of aromatic nitrogens is 1. The third-order valence-electron chi connectivity index (χ3n) is 3.38. The lowest BCUT2D eigenvalue weighted by atomic mass is 10.1. The van der Waals surface area contributed by atoms with Crippen molar-refractivity contribution in [1.82, 2.24) is 15.2 Å². The van der Waals surface area contributed by atoms with Gasteiger partial charge in [-0.1, -0.05) is 35.9 Å². The van der Waals surface area contributed by atoms with E-state index >= 15 is 0 Å². The lowest BCUT2D eigenvalue weighted by Gasteiger charge is -2.17.